The van der Waals surface area contributed by atoms with Crippen LogP contribution in [0.15, 0.2) is 17.1 Å². The van der Waals surface area contributed by atoms with Crippen LogP contribution in [0.4, 0.5) is 0 Å². The van der Waals surface area contributed by atoms with Crippen LogP contribution in [0.3, 0.4) is 0 Å². The van der Waals surface area contributed by atoms with Crippen LogP contribution in [0.1, 0.15) is 17.5 Å². The summed E-state index contributed by atoms with van der Waals surface area (Å²) in [5.74, 6) is 0. The summed E-state index contributed by atoms with van der Waals surface area (Å²) in [7, 11) is 1.61. The molecule has 0 fully saturated rings. The van der Waals surface area contributed by atoms with Crippen LogP contribution in [0.5, 0.6) is 0 Å². The molecule has 0 saturated heterocycles. The molecule has 0 spiro atoms. The smallest absolute Gasteiger partial charge is 0.140 e. The minimum absolute atomic E-state index is 0.432. The van der Waals surface area contributed by atoms with Gasteiger partial charge in [-0.2, -0.15) is 5.10 Å². The highest BCUT2D eigenvalue weighted by Gasteiger charge is 2.21. The molecule has 1 atom stereocenters. The van der Waals surface area contributed by atoms with Crippen LogP contribution in [0, 0.1) is 0 Å². The van der Waals surface area contributed by atoms with Crippen molar-refractivity contribution in [2.24, 2.45) is 0 Å². The first-order chi connectivity index (χ1) is 8.24. The van der Waals surface area contributed by atoms with Crippen molar-refractivity contribution in [3.63, 3.8) is 0 Å². The Hall–Kier alpha value is -0.950. The predicted molar refractivity (Wildman–Crippen MR) is 65.3 cm³/mol. The van der Waals surface area contributed by atoms with E-state index in [1.165, 1.54) is 17.5 Å². The zero-order valence-electron chi connectivity index (χ0n) is 9.21. The van der Waals surface area contributed by atoms with E-state index in [1.807, 2.05) is 0 Å². The van der Waals surface area contributed by atoms with Crippen LogP contribution in [-0.4, -0.2) is 33.6 Å². The van der Waals surface area contributed by atoms with Crippen molar-refractivity contribution in [2.75, 3.05) is 13.7 Å². The van der Waals surface area contributed by atoms with Crippen LogP contribution in [0.2, 0.25) is 5.02 Å². The lowest BCUT2D eigenvalue weighted by molar-refractivity contribution is 0.170. The van der Waals surface area contributed by atoms with Gasteiger partial charge in [-0.05, 0) is 0 Å². The Kier molecular flexibility index (Phi) is 4.11. The zero-order chi connectivity index (χ0) is 12.3. The van der Waals surface area contributed by atoms with Gasteiger partial charge in [-0.15, -0.1) is 11.3 Å². The Morgan fingerprint density at radius 1 is 1.65 bits per heavy atom. The molecular weight excluding hydrogens is 262 g/mol. The van der Waals surface area contributed by atoms with E-state index in [4.69, 9.17) is 16.3 Å². The van der Waals surface area contributed by atoms with Gasteiger partial charge in [0.2, 0.25) is 0 Å². The highest BCUT2D eigenvalue weighted by atomic mass is 35.5. The maximum atomic E-state index is 10.2. The number of aliphatic hydroxyl groups excluding tert-OH is 1. The quantitative estimate of drug-likeness (QED) is 0.901. The van der Waals surface area contributed by atoms with Crippen LogP contribution < -0.4 is 0 Å². The van der Waals surface area contributed by atoms with Crippen molar-refractivity contribution in [3.8, 4) is 0 Å². The van der Waals surface area contributed by atoms with E-state index in [1.54, 1.807) is 22.7 Å². The Balaban J connectivity index is 2.27. The van der Waals surface area contributed by atoms with Gasteiger partial charge in [0.25, 0.3) is 0 Å². The lowest BCUT2D eigenvalue weighted by Gasteiger charge is -2.12. The monoisotopic (exact) mass is 273 g/mol. The fourth-order valence-electron chi connectivity index (χ4n) is 1.50. The summed E-state index contributed by atoms with van der Waals surface area (Å²) < 4.78 is 6.62. The molecule has 7 heteroatoms. The third-order valence-electron chi connectivity index (χ3n) is 2.33. The van der Waals surface area contributed by atoms with E-state index in [0.29, 0.717) is 29.6 Å². The first-order valence-corrected chi connectivity index (χ1v) is 6.32. The first-order valence-electron chi connectivity index (χ1n) is 5.00. The summed E-state index contributed by atoms with van der Waals surface area (Å²) in [6.07, 6.45) is 0.662. The van der Waals surface area contributed by atoms with Gasteiger partial charge in [0.1, 0.15) is 6.10 Å². The van der Waals surface area contributed by atoms with Gasteiger partial charge in [-0.3, -0.25) is 4.68 Å². The van der Waals surface area contributed by atoms with Crippen molar-refractivity contribution in [1.82, 2.24) is 14.8 Å². The molecule has 0 aliphatic carbocycles. The molecule has 17 heavy (non-hydrogen) atoms. The number of hydrogen-bond acceptors (Lipinski definition) is 5. The molecule has 0 aliphatic rings. The Morgan fingerprint density at radius 3 is 3.12 bits per heavy atom. The molecule has 1 unspecified atom stereocenters. The number of nitrogens with zero attached hydrogens (tertiary/aromatic N) is 3. The summed E-state index contributed by atoms with van der Waals surface area (Å²) >= 11 is 7.45. The minimum atomic E-state index is -0.854. The van der Waals surface area contributed by atoms with Crippen molar-refractivity contribution < 1.29 is 9.84 Å². The second kappa shape index (κ2) is 5.59. The van der Waals surface area contributed by atoms with E-state index >= 15 is 0 Å². The molecule has 0 amide bonds. The number of ether oxygens (including phenoxy) is 1. The molecule has 0 radical (unpaired) electrons. The Labute approximate surface area is 108 Å². The second-order valence-corrected chi connectivity index (χ2v) is 4.54. The predicted octanol–water partition coefficient (Wildman–Crippen LogP) is 1.72. The number of hydrogen-bond donors (Lipinski definition) is 1. The van der Waals surface area contributed by atoms with Crippen molar-refractivity contribution >= 4 is 22.9 Å². The average Bonchev–Trinajstić information content (AvgIpc) is 2.95. The molecule has 2 aromatic rings. The van der Waals surface area contributed by atoms with Gasteiger partial charge in [0.05, 0.1) is 41.3 Å². The largest absolute Gasteiger partial charge is 0.383 e. The zero-order valence-corrected chi connectivity index (χ0v) is 10.8. The first kappa shape index (κ1) is 12.5. The number of halogens is 1. The van der Waals surface area contributed by atoms with Crippen LogP contribution >= 0.6 is 22.9 Å². The van der Waals surface area contributed by atoms with E-state index < -0.39 is 6.10 Å². The highest BCUT2D eigenvalue weighted by molar-refractivity contribution is 7.07. The van der Waals surface area contributed by atoms with Crippen molar-refractivity contribution in [2.45, 2.75) is 12.6 Å². The van der Waals surface area contributed by atoms with E-state index in [2.05, 4.69) is 10.1 Å². The van der Waals surface area contributed by atoms with Gasteiger partial charge < -0.3 is 9.84 Å². The van der Waals surface area contributed by atoms with E-state index in [9.17, 15) is 5.11 Å². The SMILES string of the molecule is COCCn1ncc(Cl)c1C(O)c1cscn1. The molecular formula is C10H12ClN3O2S. The van der Waals surface area contributed by atoms with Gasteiger partial charge in [0.15, 0.2) is 0 Å². The number of rotatable bonds is 5. The highest BCUT2D eigenvalue weighted by Crippen LogP contribution is 2.27. The summed E-state index contributed by atoms with van der Waals surface area (Å²) in [4.78, 5) is 4.07. The van der Waals surface area contributed by atoms with Gasteiger partial charge in [-0.25, -0.2) is 4.98 Å². The number of methoxy groups -OCH3 is 1. The fraction of sp³-hybridized carbons (Fsp3) is 0.400. The molecule has 2 heterocycles. The molecule has 0 bridgehead atoms. The second-order valence-electron chi connectivity index (χ2n) is 3.41. The molecule has 5 nitrogen and oxygen atoms in total. The van der Waals surface area contributed by atoms with Crippen molar-refractivity contribution in [1.29, 1.82) is 0 Å². The lowest BCUT2D eigenvalue weighted by atomic mass is 10.2. The third-order valence-corrected chi connectivity index (χ3v) is 3.23. The number of thiazole rings is 1. The molecule has 0 aliphatic heterocycles. The maximum absolute atomic E-state index is 10.2. The van der Waals surface area contributed by atoms with Gasteiger partial charge in [0, 0.05) is 12.5 Å². The van der Waals surface area contributed by atoms with E-state index in [0.717, 1.165) is 0 Å². The molecule has 2 rings (SSSR count). The summed E-state index contributed by atoms with van der Waals surface area (Å²) in [5, 5.41) is 16.5. The third kappa shape index (κ3) is 2.66. The summed E-state index contributed by atoms with van der Waals surface area (Å²) in [5.41, 5.74) is 2.80. The molecule has 2 aromatic heterocycles. The standard InChI is InChI=1S/C10H12ClN3O2S/c1-16-3-2-14-9(7(11)4-13-14)10(15)8-5-17-6-12-8/h4-6,10,15H,2-3H2,1H3. The molecule has 92 valence electrons. The van der Waals surface area contributed by atoms with Gasteiger partial charge >= 0.3 is 0 Å². The van der Waals surface area contributed by atoms with Crippen molar-refractivity contribution in [3.05, 3.63) is 33.5 Å². The molecule has 0 aromatic carbocycles. The Morgan fingerprint density at radius 2 is 2.47 bits per heavy atom. The fourth-order valence-corrected chi connectivity index (χ4v) is 2.31. The average molecular weight is 274 g/mol. The summed E-state index contributed by atoms with van der Waals surface area (Å²) in [6.45, 7) is 1.05. The van der Waals surface area contributed by atoms with E-state index in [-0.39, 0.29) is 0 Å². The van der Waals surface area contributed by atoms with Gasteiger partial charge in [-0.1, -0.05) is 11.6 Å². The van der Waals surface area contributed by atoms with Crippen LogP contribution in [-0.2, 0) is 11.3 Å². The summed E-state index contributed by atoms with van der Waals surface area (Å²) in [6, 6.07) is 0. The Bertz CT molecular complexity index is 472. The minimum Gasteiger partial charge on any atom is -0.383 e. The topological polar surface area (TPSA) is 60.2 Å². The molecule has 1 N–H and O–H groups in total. The molecule has 0 saturated carbocycles. The normalized spacial score (nSPS) is 12.9. The lowest BCUT2D eigenvalue weighted by Crippen LogP contribution is -2.13. The maximum Gasteiger partial charge on any atom is 0.140 e. The van der Waals surface area contributed by atoms with Crippen LogP contribution in [0.25, 0.3) is 0 Å². The number of aromatic nitrogens is 3. The number of aliphatic hydroxyl groups is 1.